The number of aromatic nitrogens is 4. The molecule has 2 aliphatic heterocycles. The van der Waals surface area contributed by atoms with Crippen molar-refractivity contribution in [1.29, 1.82) is 0 Å². The Labute approximate surface area is 211 Å². The molecule has 1 aromatic carbocycles. The van der Waals surface area contributed by atoms with E-state index in [1.807, 2.05) is 29.9 Å². The van der Waals surface area contributed by atoms with Crippen molar-refractivity contribution in [3.63, 3.8) is 0 Å². The quantitative estimate of drug-likeness (QED) is 0.446. The van der Waals surface area contributed by atoms with E-state index in [2.05, 4.69) is 23.6 Å². The van der Waals surface area contributed by atoms with Gasteiger partial charge in [-0.05, 0) is 69.8 Å². The van der Waals surface area contributed by atoms with Gasteiger partial charge < -0.3 is 4.90 Å². The molecule has 0 radical (unpaired) electrons. The molecule has 2 aromatic heterocycles. The molecule has 9 heteroatoms. The summed E-state index contributed by atoms with van der Waals surface area (Å²) in [7, 11) is 0. The van der Waals surface area contributed by atoms with Gasteiger partial charge in [-0.1, -0.05) is 36.2 Å². The van der Waals surface area contributed by atoms with Crippen molar-refractivity contribution in [2.75, 3.05) is 31.1 Å². The zero-order chi connectivity index (χ0) is 22.4. The van der Waals surface area contributed by atoms with Gasteiger partial charge in [0.05, 0.1) is 17.9 Å². The zero-order valence-electron chi connectivity index (χ0n) is 19.3. The summed E-state index contributed by atoms with van der Waals surface area (Å²) in [6.07, 6.45) is 5.77. The summed E-state index contributed by atoms with van der Waals surface area (Å²) in [6.45, 7) is 11.0. The number of benzene rings is 1. The van der Waals surface area contributed by atoms with Gasteiger partial charge in [-0.2, -0.15) is 5.10 Å². The highest BCUT2D eigenvalue weighted by molar-refractivity contribution is 6.35. The van der Waals surface area contributed by atoms with Gasteiger partial charge in [-0.3, -0.25) is 4.90 Å². The molecule has 3 atom stereocenters. The Morgan fingerprint density at radius 2 is 1.88 bits per heavy atom. The van der Waals surface area contributed by atoms with Crippen LogP contribution in [0.1, 0.15) is 50.4 Å². The lowest BCUT2D eigenvalue weighted by Crippen LogP contribution is -2.49. The van der Waals surface area contributed by atoms with E-state index in [0.29, 0.717) is 22.0 Å². The summed E-state index contributed by atoms with van der Waals surface area (Å²) < 4.78 is 1.94. The molecule has 2 aliphatic rings. The van der Waals surface area contributed by atoms with Crippen LogP contribution >= 0.6 is 35.6 Å². The topological polar surface area (TPSA) is 50.1 Å². The fourth-order valence-corrected chi connectivity index (χ4v) is 5.96. The number of aryl methyl sites for hydroxylation is 1. The van der Waals surface area contributed by atoms with E-state index in [0.717, 1.165) is 41.3 Å². The number of nitrogens with zero attached hydrogens (tertiary/aromatic N) is 6. The predicted molar refractivity (Wildman–Crippen MR) is 138 cm³/mol. The van der Waals surface area contributed by atoms with E-state index < -0.39 is 0 Å². The minimum absolute atomic E-state index is 0. The van der Waals surface area contributed by atoms with Gasteiger partial charge in [0.1, 0.15) is 11.3 Å². The SMILES string of the molecule is Cc1nn(C(C)c2ccc(Cl)cc2Cl)c2nc(N3CC[C@H](N4CCCC4)[C@H](C)C3)cnc12.Cl. The van der Waals surface area contributed by atoms with Crippen molar-refractivity contribution in [1.82, 2.24) is 24.6 Å². The fraction of sp³-hybridized carbons (Fsp3) is 0.542. The monoisotopic (exact) mass is 508 g/mol. The van der Waals surface area contributed by atoms with Crippen molar-refractivity contribution in [3.8, 4) is 0 Å². The molecule has 178 valence electrons. The number of rotatable bonds is 4. The highest BCUT2D eigenvalue weighted by atomic mass is 35.5. The number of halogens is 3. The van der Waals surface area contributed by atoms with Crippen LogP contribution in [0.4, 0.5) is 5.82 Å². The lowest BCUT2D eigenvalue weighted by Gasteiger charge is -2.41. The molecule has 33 heavy (non-hydrogen) atoms. The van der Waals surface area contributed by atoms with Crippen molar-refractivity contribution >= 4 is 52.6 Å². The van der Waals surface area contributed by atoms with E-state index in [1.165, 1.54) is 32.4 Å². The maximum absolute atomic E-state index is 6.49. The van der Waals surface area contributed by atoms with Crippen LogP contribution in [0.3, 0.4) is 0 Å². The first kappa shape index (κ1) is 24.5. The van der Waals surface area contributed by atoms with Gasteiger partial charge in [0, 0.05) is 29.2 Å². The van der Waals surface area contributed by atoms with Crippen molar-refractivity contribution in [3.05, 3.63) is 45.7 Å². The van der Waals surface area contributed by atoms with Crippen LogP contribution in [0.5, 0.6) is 0 Å². The average molecular weight is 510 g/mol. The molecule has 0 amide bonds. The second kappa shape index (κ2) is 9.95. The molecule has 2 fully saturated rings. The minimum Gasteiger partial charge on any atom is -0.355 e. The Morgan fingerprint density at radius 1 is 1.12 bits per heavy atom. The predicted octanol–water partition coefficient (Wildman–Crippen LogP) is 5.78. The second-order valence-electron chi connectivity index (χ2n) is 9.29. The summed E-state index contributed by atoms with van der Waals surface area (Å²) in [5.41, 5.74) is 3.48. The third-order valence-corrected chi connectivity index (χ3v) is 7.69. The molecule has 0 spiro atoms. The van der Waals surface area contributed by atoms with Crippen LogP contribution in [-0.2, 0) is 0 Å². The van der Waals surface area contributed by atoms with Crippen molar-refractivity contribution in [2.24, 2.45) is 5.92 Å². The second-order valence-corrected chi connectivity index (χ2v) is 10.1. The molecule has 0 saturated carbocycles. The summed E-state index contributed by atoms with van der Waals surface area (Å²) in [4.78, 5) is 14.9. The largest absolute Gasteiger partial charge is 0.355 e. The van der Waals surface area contributed by atoms with E-state index in [9.17, 15) is 0 Å². The maximum Gasteiger partial charge on any atom is 0.179 e. The van der Waals surface area contributed by atoms with E-state index in [-0.39, 0.29) is 18.4 Å². The molecular weight excluding hydrogens is 479 g/mol. The molecule has 5 rings (SSSR count). The molecule has 3 aromatic rings. The summed E-state index contributed by atoms with van der Waals surface area (Å²) >= 11 is 12.6. The Hall–Kier alpha value is -1.60. The van der Waals surface area contributed by atoms with Gasteiger partial charge in [0.25, 0.3) is 0 Å². The Bertz CT molecular complexity index is 1130. The number of piperidine rings is 1. The van der Waals surface area contributed by atoms with Gasteiger partial charge in [0.15, 0.2) is 5.65 Å². The van der Waals surface area contributed by atoms with Crippen molar-refractivity contribution in [2.45, 2.75) is 52.1 Å². The highest BCUT2D eigenvalue weighted by Crippen LogP contribution is 2.32. The van der Waals surface area contributed by atoms with Crippen LogP contribution < -0.4 is 4.90 Å². The number of hydrogen-bond donors (Lipinski definition) is 0. The molecule has 4 heterocycles. The first-order chi connectivity index (χ1) is 15.4. The summed E-state index contributed by atoms with van der Waals surface area (Å²) in [5.74, 6) is 1.54. The zero-order valence-corrected chi connectivity index (χ0v) is 21.7. The third kappa shape index (κ3) is 4.68. The molecule has 1 unspecified atom stereocenters. The number of anilines is 1. The Morgan fingerprint density at radius 3 is 2.58 bits per heavy atom. The molecule has 0 N–H and O–H groups in total. The van der Waals surface area contributed by atoms with Gasteiger partial charge >= 0.3 is 0 Å². The van der Waals surface area contributed by atoms with Crippen LogP contribution in [0.2, 0.25) is 10.0 Å². The van der Waals surface area contributed by atoms with Gasteiger partial charge in [-0.25, -0.2) is 14.6 Å². The van der Waals surface area contributed by atoms with Crippen LogP contribution in [0.25, 0.3) is 11.2 Å². The molecule has 2 saturated heterocycles. The lowest BCUT2D eigenvalue weighted by atomic mass is 9.92. The number of fused-ring (bicyclic) bond motifs is 1. The standard InChI is InChI=1S/C24H30Cl2N6.ClH/c1-15-14-31(11-8-21(15)30-9-4-5-10-30)22-13-27-23-16(2)29-32(24(23)28-22)17(3)19-7-6-18(25)12-20(19)26;/h6-7,12-13,15,17,21H,4-5,8-11,14H2,1-3H3;1H/t15-,17?,21+;/m1./s1. The fourth-order valence-electron chi connectivity index (χ4n) is 5.39. The normalized spacial score (nSPS) is 22.5. The Balaban J connectivity index is 0.00000259. The van der Waals surface area contributed by atoms with E-state index in [4.69, 9.17) is 38.3 Å². The van der Waals surface area contributed by atoms with Crippen LogP contribution in [0.15, 0.2) is 24.4 Å². The first-order valence-electron chi connectivity index (χ1n) is 11.6. The van der Waals surface area contributed by atoms with Crippen LogP contribution in [-0.4, -0.2) is 56.9 Å². The van der Waals surface area contributed by atoms with Crippen molar-refractivity contribution < 1.29 is 0 Å². The van der Waals surface area contributed by atoms with Crippen LogP contribution in [0, 0.1) is 12.8 Å². The summed E-state index contributed by atoms with van der Waals surface area (Å²) in [6, 6.07) is 6.20. The molecule has 0 aliphatic carbocycles. The molecular formula is C24H31Cl3N6. The first-order valence-corrected chi connectivity index (χ1v) is 12.3. The smallest absolute Gasteiger partial charge is 0.179 e. The highest BCUT2D eigenvalue weighted by Gasteiger charge is 2.32. The average Bonchev–Trinajstić information content (AvgIpc) is 3.41. The van der Waals surface area contributed by atoms with Gasteiger partial charge in [0.2, 0.25) is 0 Å². The third-order valence-electron chi connectivity index (χ3n) is 7.13. The van der Waals surface area contributed by atoms with E-state index in [1.54, 1.807) is 6.07 Å². The number of likely N-dealkylation sites (tertiary alicyclic amines) is 1. The minimum atomic E-state index is -0.0830. The lowest BCUT2D eigenvalue weighted by molar-refractivity contribution is 0.158. The maximum atomic E-state index is 6.49. The van der Waals surface area contributed by atoms with E-state index >= 15 is 0 Å². The molecule has 6 nitrogen and oxygen atoms in total. The summed E-state index contributed by atoms with van der Waals surface area (Å²) in [5, 5.41) is 6.03. The van der Waals surface area contributed by atoms with Gasteiger partial charge in [-0.15, -0.1) is 12.4 Å². The Kier molecular flexibility index (Phi) is 7.39. The molecule has 0 bridgehead atoms. The number of hydrogen-bond acceptors (Lipinski definition) is 5.